The standard InChI is InChI=1S/C84H56N4O2S2/c1-53-31-35-59(36-32-53)85(55-19-7-3-8-20-55)63-39-43-65-71-51-73(87(57-23-11-5-12-24-57)61-41-45-79-69(47-61)67-27-15-17-29-77(67)91-79)82-81(83(71)89-75(65)49-63)74(88(58-25-13-6-14-26-58)62-42-46-80-70(48-62)68-28-16-18-30-78(68)92-80)52-72-66-44-40-64(50-76(66)90-84(72)82)86(56-21-9-4-10-22-56)60-37-33-54(2)34-38-60/h3-52H,1-2H3. The van der Waals surface area contributed by atoms with Gasteiger partial charge in [-0.05, 0) is 172 Å². The molecule has 18 rings (SSSR count). The van der Waals surface area contributed by atoms with Crippen LogP contribution in [0.15, 0.2) is 312 Å². The lowest BCUT2D eigenvalue weighted by Gasteiger charge is -2.30. The Hall–Kier alpha value is -11.4. The van der Waals surface area contributed by atoms with E-state index < -0.39 is 0 Å². The second-order valence-electron chi connectivity index (χ2n) is 23.8. The Morgan fingerprint density at radius 2 is 0.533 bits per heavy atom. The van der Waals surface area contributed by atoms with E-state index in [2.05, 4.69) is 337 Å². The molecule has 0 saturated carbocycles. The van der Waals surface area contributed by atoms with Crippen LogP contribution in [-0.4, -0.2) is 0 Å². The van der Waals surface area contributed by atoms with Crippen LogP contribution in [0.3, 0.4) is 0 Å². The van der Waals surface area contributed by atoms with Crippen molar-refractivity contribution in [3.05, 3.63) is 314 Å². The van der Waals surface area contributed by atoms with Crippen LogP contribution in [-0.2, 0) is 0 Å². The lowest BCUT2D eigenvalue weighted by Crippen LogP contribution is -2.13. The maximum Gasteiger partial charge on any atom is 0.145 e. The van der Waals surface area contributed by atoms with Gasteiger partial charge in [0, 0.05) is 131 Å². The third kappa shape index (κ3) is 8.90. The minimum atomic E-state index is 0.750. The van der Waals surface area contributed by atoms with Gasteiger partial charge < -0.3 is 28.4 Å². The first-order valence-electron chi connectivity index (χ1n) is 31.1. The molecule has 436 valence electrons. The summed E-state index contributed by atoms with van der Waals surface area (Å²) in [6.45, 7) is 4.27. The van der Waals surface area contributed by atoms with E-state index in [1.54, 1.807) is 0 Å². The normalized spacial score (nSPS) is 11.8. The molecule has 4 aromatic heterocycles. The van der Waals surface area contributed by atoms with E-state index in [9.17, 15) is 0 Å². The van der Waals surface area contributed by atoms with Crippen molar-refractivity contribution >= 4 is 186 Å². The molecule has 6 nitrogen and oxygen atoms in total. The van der Waals surface area contributed by atoms with Crippen molar-refractivity contribution in [1.82, 2.24) is 0 Å². The Bertz CT molecular complexity index is 5500. The zero-order chi connectivity index (χ0) is 61.0. The largest absolute Gasteiger partial charge is 0.455 e. The Labute approximate surface area is 539 Å². The third-order valence-electron chi connectivity index (χ3n) is 18.1. The van der Waals surface area contributed by atoms with Crippen molar-refractivity contribution in [3.63, 3.8) is 0 Å². The van der Waals surface area contributed by atoms with E-state index in [0.717, 1.165) is 123 Å². The average Bonchev–Trinajstić information content (AvgIpc) is 1.48. The number of fused-ring (bicyclic) bond motifs is 15. The van der Waals surface area contributed by atoms with Crippen LogP contribution >= 0.6 is 22.7 Å². The highest BCUT2D eigenvalue weighted by molar-refractivity contribution is 7.26. The van der Waals surface area contributed by atoms with Crippen molar-refractivity contribution in [2.45, 2.75) is 13.8 Å². The molecular weight excluding hydrogens is 1160 g/mol. The molecule has 0 saturated heterocycles. The molecule has 0 atom stereocenters. The summed E-state index contributed by atoms with van der Waals surface area (Å²) >= 11 is 3.66. The molecule has 0 fully saturated rings. The average molecular weight is 1220 g/mol. The van der Waals surface area contributed by atoms with E-state index >= 15 is 0 Å². The van der Waals surface area contributed by atoms with E-state index in [1.807, 2.05) is 22.7 Å². The fraction of sp³-hybridized carbons (Fsp3) is 0.0238. The second-order valence-corrected chi connectivity index (χ2v) is 25.9. The van der Waals surface area contributed by atoms with Gasteiger partial charge >= 0.3 is 0 Å². The minimum Gasteiger partial charge on any atom is -0.455 e. The number of furan rings is 2. The molecule has 92 heavy (non-hydrogen) atoms. The maximum atomic E-state index is 7.73. The Morgan fingerprint density at radius 1 is 0.228 bits per heavy atom. The van der Waals surface area contributed by atoms with Gasteiger partial charge in [0.05, 0.1) is 22.1 Å². The first kappa shape index (κ1) is 53.6. The van der Waals surface area contributed by atoms with Gasteiger partial charge in [-0.1, -0.05) is 145 Å². The number of hydrogen-bond acceptors (Lipinski definition) is 8. The van der Waals surface area contributed by atoms with E-state index in [1.165, 1.54) is 51.5 Å². The van der Waals surface area contributed by atoms with E-state index in [0.29, 0.717) is 0 Å². The number of aryl methyl sites for hydroxylation is 2. The molecule has 14 aromatic carbocycles. The summed E-state index contributed by atoms with van der Waals surface area (Å²) in [7, 11) is 0. The molecule has 0 aliphatic heterocycles. The molecule has 18 aromatic rings. The Kier molecular flexibility index (Phi) is 12.6. The van der Waals surface area contributed by atoms with Gasteiger partial charge in [0.2, 0.25) is 0 Å². The summed E-state index contributed by atoms with van der Waals surface area (Å²) in [5.41, 5.74) is 17.5. The van der Waals surface area contributed by atoms with Crippen molar-refractivity contribution < 1.29 is 8.83 Å². The van der Waals surface area contributed by atoms with E-state index in [-0.39, 0.29) is 0 Å². The summed E-state index contributed by atoms with van der Waals surface area (Å²) in [6, 6.07) is 110. The number of thiophene rings is 2. The Morgan fingerprint density at radius 3 is 0.924 bits per heavy atom. The molecular formula is C84H56N4O2S2. The van der Waals surface area contributed by atoms with Crippen LogP contribution in [0.2, 0.25) is 0 Å². The molecule has 0 aliphatic carbocycles. The summed E-state index contributed by atoms with van der Waals surface area (Å²) in [5.74, 6) is 0. The zero-order valence-electron chi connectivity index (χ0n) is 50.3. The second kappa shape index (κ2) is 21.7. The van der Waals surface area contributed by atoms with E-state index in [4.69, 9.17) is 8.83 Å². The van der Waals surface area contributed by atoms with Crippen molar-refractivity contribution in [2.75, 3.05) is 19.6 Å². The summed E-state index contributed by atoms with van der Waals surface area (Å²) in [4.78, 5) is 9.52. The molecule has 0 radical (unpaired) electrons. The number of para-hydroxylation sites is 4. The van der Waals surface area contributed by atoms with Crippen LogP contribution in [0, 0.1) is 13.8 Å². The van der Waals surface area contributed by atoms with Crippen LogP contribution in [0.25, 0.3) is 95.0 Å². The fourth-order valence-corrected chi connectivity index (χ4v) is 16.0. The van der Waals surface area contributed by atoms with Gasteiger partial charge in [0.15, 0.2) is 0 Å². The van der Waals surface area contributed by atoms with Gasteiger partial charge in [0.1, 0.15) is 22.3 Å². The molecule has 8 heteroatoms. The number of rotatable bonds is 12. The van der Waals surface area contributed by atoms with Crippen LogP contribution in [0.1, 0.15) is 11.1 Å². The fourth-order valence-electron chi connectivity index (χ4n) is 13.8. The van der Waals surface area contributed by atoms with Crippen molar-refractivity contribution in [3.8, 4) is 0 Å². The minimum absolute atomic E-state index is 0.750. The predicted molar refractivity (Wildman–Crippen MR) is 392 cm³/mol. The number of anilines is 12. The van der Waals surface area contributed by atoms with Gasteiger partial charge in [-0.25, -0.2) is 0 Å². The highest BCUT2D eigenvalue weighted by atomic mass is 32.1. The van der Waals surface area contributed by atoms with Crippen molar-refractivity contribution in [1.29, 1.82) is 0 Å². The number of benzene rings is 14. The first-order chi connectivity index (χ1) is 45.4. The first-order valence-corrected chi connectivity index (χ1v) is 32.7. The third-order valence-corrected chi connectivity index (χ3v) is 20.4. The molecule has 0 bridgehead atoms. The Balaban J connectivity index is 0.997. The SMILES string of the molecule is Cc1ccc(N(c2ccccc2)c2ccc3c(c2)oc2c3cc(N(c3ccccc3)c3ccc4sc5ccccc5c4c3)c3c4oc5cc(N(c6ccccc6)c6ccc(C)cc6)ccc5c4cc(N(c4ccccc4)c4ccc5sc6ccccc6c5c4)c23)cc1. The van der Waals surface area contributed by atoms with Crippen LogP contribution in [0.5, 0.6) is 0 Å². The van der Waals surface area contributed by atoms with Gasteiger partial charge in [-0.2, -0.15) is 0 Å². The monoisotopic (exact) mass is 1220 g/mol. The maximum absolute atomic E-state index is 7.73. The van der Waals surface area contributed by atoms with Gasteiger partial charge in [-0.15, -0.1) is 22.7 Å². The number of nitrogens with zero attached hydrogens (tertiary/aromatic N) is 4. The lowest BCUT2D eigenvalue weighted by molar-refractivity contribution is 0.669. The van der Waals surface area contributed by atoms with Gasteiger partial charge in [-0.3, -0.25) is 0 Å². The molecule has 0 unspecified atom stereocenters. The molecule has 0 spiro atoms. The molecule has 0 N–H and O–H groups in total. The highest BCUT2D eigenvalue weighted by Crippen LogP contribution is 2.55. The quantitative estimate of drug-likeness (QED) is 0.121. The predicted octanol–water partition coefficient (Wildman–Crippen LogP) is 25.9. The van der Waals surface area contributed by atoms with Gasteiger partial charge in [0.25, 0.3) is 0 Å². The summed E-state index contributed by atoms with van der Waals surface area (Å²) in [5, 5.41) is 10.6. The molecule has 0 amide bonds. The summed E-state index contributed by atoms with van der Waals surface area (Å²) < 4.78 is 20.4. The smallest absolute Gasteiger partial charge is 0.145 e. The van der Waals surface area contributed by atoms with Crippen molar-refractivity contribution in [2.24, 2.45) is 0 Å². The zero-order valence-corrected chi connectivity index (χ0v) is 51.9. The highest BCUT2D eigenvalue weighted by Gasteiger charge is 2.31. The lowest BCUT2D eigenvalue weighted by atomic mass is 9.96. The number of hydrogen-bond donors (Lipinski definition) is 0. The molecule has 4 heterocycles. The molecule has 0 aliphatic rings. The van der Waals surface area contributed by atoms with Crippen LogP contribution < -0.4 is 19.6 Å². The summed E-state index contributed by atoms with van der Waals surface area (Å²) in [6.07, 6.45) is 0. The van der Waals surface area contributed by atoms with Crippen LogP contribution in [0.4, 0.5) is 68.2 Å². The topological polar surface area (TPSA) is 39.2 Å².